The molecule has 1 aliphatic carbocycles. The molecule has 1 heterocycles. The van der Waals surface area contributed by atoms with Crippen molar-refractivity contribution in [1.82, 2.24) is 4.90 Å². The molecule has 2 atom stereocenters. The van der Waals surface area contributed by atoms with Gasteiger partial charge in [0, 0.05) is 12.6 Å². The second-order valence-corrected chi connectivity index (χ2v) is 7.56. The van der Waals surface area contributed by atoms with Crippen molar-refractivity contribution in [2.75, 3.05) is 13.1 Å². The molecule has 1 fully saturated rings. The average molecular weight is 321 g/mol. The molecular weight excluding hydrogens is 294 g/mol. The van der Waals surface area contributed by atoms with E-state index in [1.807, 2.05) is 12.1 Å². The summed E-state index contributed by atoms with van der Waals surface area (Å²) in [5, 5.41) is 9.95. The predicted molar refractivity (Wildman–Crippen MR) is 98.5 cm³/mol. The predicted octanol–water partition coefficient (Wildman–Crippen LogP) is 4.30. The molecule has 4 rings (SSSR count). The quantitative estimate of drug-likeness (QED) is 0.907. The van der Waals surface area contributed by atoms with Gasteiger partial charge in [0.1, 0.15) is 5.75 Å². The van der Waals surface area contributed by atoms with Gasteiger partial charge in [0.05, 0.1) is 0 Å². The molecule has 0 radical (unpaired) electrons. The van der Waals surface area contributed by atoms with Crippen LogP contribution in [-0.2, 0) is 18.3 Å². The maximum atomic E-state index is 9.95. The number of likely N-dealkylation sites (tertiary alicyclic amines) is 1. The molecule has 0 amide bonds. The fourth-order valence-electron chi connectivity index (χ4n) is 4.88. The first-order valence-corrected chi connectivity index (χ1v) is 9.30. The summed E-state index contributed by atoms with van der Waals surface area (Å²) in [7, 11) is 0. The lowest BCUT2D eigenvalue weighted by Crippen LogP contribution is -2.53. The van der Waals surface area contributed by atoms with Crippen molar-refractivity contribution in [3.05, 3.63) is 65.2 Å². The third-order valence-electron chi connectivity index (χ3n) is 6.35. The molecule has 0 saturated carbocycles. The minimum absolute atomic E-state index is 0.278. The number of aromatic hydroxyl groups is 1. The lowest BCUT2D eigenvalue weighted by molar-refractivity contribution is 0.0781. The highest BCUT2D eigenvalue weighted by molar-refractivity contribution is 5.43. The zero-order valence-corrected chi connectivity index (χ0v) is 14.5. The van der Waals surface area contributed by atoms with Crippen LogP contribution in [0.3, 0.4) is 0 Å². The molecule has 1 unspecified atom stereocenters. The van der Waals surface area contributed by atoms with E-state index in [1.54, 1.807) is 0 Å². The third kappa shape index (κ3) is 2.73. The van der Waals surface area contributed by atoms with E-state index in [2.05, 4.69) is 48.2 Å². The lowest BCUT2D eigenvalue weighted by atomic mass is 9.62. The Bertz CT molecular complexity index is 711. The van der Waals surface area contributed by atoms with Gasteiger partial charge in [-0.3, -0.25) is 4.90 Å². The van der Waals surface area contributed by atoms with Crippen LogP contribution in [0.5, 0.6) is 5.75 Å². The summed E-state index contributed by atoms with van der Waals surface area (Å²) >= 11 is 0. The second-order valence-electron chi connectivity index (χ2n) is 7.56. The monoisotopic (exact) mass is 321 g/mol. The van der Waals surface area contributed by atoms with E-state index < -0.39 is 0 Å². The van der Waals surface area contributed by atoms with Gasteiger partial charge in [0.15, 0.2) is 0 Å². The Balaban J connectivity index is 1.54. The van der Waals surface area contributed by atoms with E-state index in [1.165, 1.54) is 42.5 Å². The van der Waals surface area contributed by atoms with Crippen LogP contribution >= 0.6 is 0 Å². The van der Waals surface area contributed by atoms with E-state index in [0.29, 0.717) is 11.8 Å². The van der Waals surface area contributed by atoms with Gasteiger partial charge in [-0.1, -0.05) is 43.3 Å². The van der Waals surface area contributed by atoms with E-state index in [9.17, 15) is 5.11 Å². The zero-order chi connectivity index (χ0) is 16.6. The van der Waals surface area contributed by atoms with Gasteiger partial charge < -0.3 is 5.11 Å². The van der Waals surface area contributed by atoms with Crippen LogP contribution in [-0.4, -0.2) is 29.1 Å². The summed E-state index contributed by atoms with van der Waals surface area (Å²) in [4.78, 5) is 2.71. The van der Waals surface area contributed by atoms with Gasteiger partial charge in [0.2, 0.25) is 0 Å². The molecule has 1 N–H and O–H groups in total. The first kappa shape index (κ1) is 15.7. The minimum Gasteiger partial charge on any atom is -0.508 e. The Hall–Kier alpha value is -1.80. The van der Waals surface area contributed by atoms with E-state index in [-0.39, 0.29) is 5.41 Å². The third-order valence-corrected chi connectivity index (χ3v) is 6.35. The largest absolute Gasteiger partial charge is 0.508 e. The summed E-state index contributed by atoms with van der Waals surface area (Å²) in [5.74, 6) is 0.423. The van der Waals surface area contributed by atoms with Crippen molar-refractivity contribution >= 4 is 0 Å². The van der Waals surface area contributed by atoms with Crippen LogP contribution in [0.25, 0.3) is 0 Å². The number of phenols is 1. The number of piperidine rings is 1. The van der Waals surface area contributed by atoms with Gasteiger partial charge >= 0.3 is 0 Å². The highest BCUT2D eigenvalue weighted by atomic mass is 16.3. The van der Waals surface area contributed by atoms with Gasteiger partial charge in [0.25, 0.3) is 0 Å². The molecule has 1 saturated heterocycles. The van der Waals surface area contributed by atoms with Crippen molar-refractivity contribution in [2.45, 2.75) is 50.5 Å². The molecule has 2 aromatic carbocycles. The van der Waals surface area contributed by atoms with Crippen molar-refractivity contribution < 1.29 is 5.11 Å². The van der Waals surface area contributed by atoms with Crippen molar-refractivity contribution in [3.63, 3.8) is 0 Å². The second kappa shape index (κ2) is 6.25. The number of phenolic OH excluding ortho intramolecular Hbond substituents is 1. The van der Waals surface area contributed by atoms with E-state index >= 15 is 0 Å². The molecule has 126 valence electrons. The molecule has 2 aliphatic rings. The first-order chi connectivity index (χ1) is 11.7. The summed E-state index contributed by atoms with van der Waals surface area (Å²) in [6.45, 7) is 4.65. The van der Waals surface area contributed by atoms with Crippen LogP contribution < -0.4 is 0 Å². The van der Waals surface area contributed by atoms with Crippen LogP contribution in [0.15, 0.2) is 48.5 Å². The summed E-state index contributed by atoms with van der Waals surface area (Å²) in [5.41, 5.74) is 4.59. The Morgan fingerprint density at radius 3 is 2.79 bits per heavy atom. The minimum atomic E-state index is 0.278. The first-order valence-electron chi connectivity index (χ1n) is 9.30. The topological polar surface area (TPSA) is 23.5 Å². The van der Waals surface area contributed by atoms with Crippen LogP contribution in [0.1, 0.15) is 42.9 Å². The fourth-order valence-corrected chi connectivity index (χ4v) is 4.88. The standard InChI is InChI=1S/C22H27NO/c1-2-22-11-13-23(12-10-17-6-4-3-5-7-17)19(16-22)14-18-8-9-20(24)15-21(18)22/h3-9,15,19,24H,2,10-14,16H2,1H3/t19?,22-/m0/s1. The summed E-state index contributed by atoms with van der Waals surface area (Å²) < 4.78 is 0. The SMILES string of the molecule is CC[C@@]12CCN(CCc3ccccc3)C(Cc3ccc(O)cc31)C2. The van der Waals surface area contributed by atoms with E-state index in [0.717, 1.165) is 19.4 Å². The molecule has 2 aromatic rings. The molecule has 0 aromatic heterocycles. The molecule has 2 heteroatoms. The summed E-state index contributed by atoms with van der Waals surface area (Å²) in [6.07, 6.45) is 5.90. The van der Waals surface area contributed by atoms with Crippen molar-refractivity contribution in [1.29, 1.82) is 0 Å². The number of benzene rings is 2. The number of rotatable bonds is 4. The van der Waals surface area contributed by atoms with Crippen molar-refractivity contribution in [2.24, 2.45) is 0 Å². The molecule has 1 aliphatic heterocycles. The zero-order valence-electron chi connectivity index (χ0n) is 14.5. The number of hydrogen-bond donors (Lipinski definition) is 1. The van der Waals surface area contributed by atoms with Gasteiger partial charge in [-0.25, -0.2) is 0 Å². The van der Waals surface area contributed by atoms with Gasteiger partial charge in [-0.15, -0.1) is 0 Å². The average Bonchev–Trinajstić information content (AvgIpc) is 2.63. The van der Waals surface area contributed by atoms with Crippen LogP contribution in [0, 0.1) is 0 Å². The van der Waals surface area contributed by atoms with Crippen LogP contribution in [0.4, 0.5) is 0 Å². The molecule has 0 spiro atoms. The fraction of sp³-hybridized carbons (Fsp3) is 0.455. The molecule has 2 nitrogen and oxygen atoms in total. The van der Waals surface area contributed by atoms with Crippen LogP contribution in [0.2, 0.25) is 0 Å². The summed E-state index contributed by atoms with van der Waals surface area (Å²) in [6, 6.07) is 17.5. The molecular formula is C22H27NO. The Morgan fingerprint density at radius 2 is 2.00 bits per heavy atom. The number of fused-ring (bicyclic) bond motifs is 4. The van der Waals surface area contributed by atoms with Gasteiger partial charge in [-0.2, -0.15) is 0 Å². The van der Waals surface area contributed by atoms with Gasteiger partial charge in [-0.05, 0) is 72.9 Å². The normalized spacial score (nSPS) is 26.1. The maximum Gasteiger partial charge on any atom is 0.115 e. The highest BCUT2D eigenvalue weighted by Gasteiger charge is 2.44. The highest BCUT2D eigenvalue weighted by Crippen LogP contribution is 2.47. The lowest BCUT2D eigenvalue weighted by Gasteiger charge is -2.51. The molecule has 2 bridgehead atoms. The maximum absolute atomic E-state index is 9.95. The molecule has 24 heavy (non-hydrogen) atoms. The Labute approximate surface area is 145 Å². The Kier molecular flexibility index (Phi) is 4.09. The smallest absolute Gasteiger partial charge is 0.115 e. The Morgan fingerprint density at radius 1 is 1.17 bits per heavy atom. The number of nitrogens with zero attached hydrogens (tertiary/aromatic N) is 1. The number of hydrogen-bond acceptors (Lipinski definition) is 2. The van der Waals surface area contributed by atoms with Crippen molar-refractivity contribution in [3.8, 4) is 5.75 Å². The van der Waals surface area contributed by atoms with E-state index in [4.69, 9.17) is 0 Å².